The van der Waals surface area contributed by atoms with Gasteiger partial charge in [0.25, 0.3) is 0 Å². The van der Waals surface area contributed by atoms with Gasteiger partial charge in [0.15, 0.2) is 5.88 Å². The number of halogens is 1. The smallest absolute Gasteiger partial charge is 0.407 e. The number of benzene rings is 3. The number of aromatic nitrogens is 1. The van der Waals surface area contributed by atoms with Crippen LogP contribution >= 0.6 is 0 Å². The van der Waals surface area contributed by atoms with E-state index in [1.54, 1.807) is 26.8 Å². The molecule has 0 spiro atoms. The summed E-state index contributed by atoms with van der Waals surface area (Å²) >= 11 is 0. The molecule has 0 saturated carbocycles. The van der Waals surface area contributed by atoms with Crippen LogP contribution in [0.1, 0.15) is 49.4 Å². The van der Waals surface area contributed by atoms with Gasteiger partial charge in [0.1, 0.15) is 11.4 Å². The summed E-state index contributed by atoms with van der Waals surface area (Å²) in [6.45, 7) is 5.69. The number of aliphatic imine (C=N–C) groups is 1. The van der Waals surface area contributed by atoms with Crippen molar-refractivity contribution in [2.24, 2.45) is 4.99 Å². The van der Waals surface area contributed by atoms with E-state index in [9.17, 15) is 19.1 Å². The largest absolute Gasteiger partial charge is 0.494 e. The van der Waals surface area contributed by atoms with Crippen molar-refractivity contribution in [3.8, 4) is 5.88 Å². The minimum absolute atomic E-state index is 0.132. The van der Waals surface area contributed by atoms with Crippen molar-refractivity contribution in [1.29, 1.82) is 0 Å². The molecular formula is C31H32FN3O5. The van der Waals surface area contributed by atoms with Crippen LogP contribution in [0, 0.1) is 5.82 Å². The molecule has 0 radical (unpaired) electrons. The Kier molecular flexibility index (Phi) is 8.52. The normalized spacial score (nSPS) is 11.9. The van der Waals surface area contributed by atoms with Crippen molar-refractivity contribution >= 4 is 34.4 Å². The highest BCUT2D eigenvalue weighted by molar-refractivity contribution is 6.21. The van der Waals surface area contributed by atoms with Crippen molar-refractivity contribution in [3.05, 3.63) is 94.8 Å². The van der Waals surface area contributed by atoms with E-state index in [2.05, 4.69) is 10.3 Å². The SMILES string of the molecule is COC(=O)CCc1ccc(C(=Nc2ccc(CNC(=O)OC(C)(C)C)cc2)c2c(O)[nH]c3cc(F)ccc23)cc1. The second-order valence-electron chi connectivity index (χ2n) is 10.3. The lowest BCUT2D eigenvalue weighted by molar-refractivity contribution is -0.140. The molecular weight excluding hydrogens is 513 g/mol. The highest BCUT2D eigenvalue weighted by Crippen LogP contribution is 2.32. The number of H-pyrrole nitrogens is 1. The standard InChI is InChI=1S/C31H32FN3O5/c1-31(2,3)40-30(38)33-18-20-7-13-23(14-8-20)34-28(21-10-5-19(6-11-21)9-16-26(36)39-4)27-24-15-12-22(32)17-25(24)35-29(27)37/h5-8,10-15,17,35,37H,9,16,18H2,1-4H3,(H,33,38). The third kappa shape index (κ3) is 7.25. The number of amides is 1. The van der Waals surface area contributed by atoms with Gasteiger partial charge in [-0.05, 0) is 68.7 Å². The highest BCUT2D eigenvalue weighted by atomic mass is 19.1. The van der Waals surface area contributed by atoms with Crippen LogP contribution < -0.4 is 5.32 Å². The number of nitrogens with one attached hydrogen (secondary N) is 2. The molecule has 0 atom stereocenters. The van der Waals surface area contributed by atoms with E-state index in [1.165, 1.54) is 19.2 Å². The summed E-state index contributed by atoms with van der Waals surface area (Å²) in [6, 6.07) is 19.1. The maximum Gasteiger partial charge on any atom is 0.407 e. The fourth-order valence-corrected chi connectivity index (χ4v) is 4.14. The summed E-state index contributed by atoms with van der Waals surface area (Å²) in [5, 5.41) is 14.2. The third-order valence-corrected chi connectivity index (χ3v) is 6.06. The Morgan fingerprint density at radius 2 is 1.68 bits per heavy atom. The van der Waals surface area contributed by atoms with Gasteiger partial charge < -0.3 is 24.9 Å². The number of nitrogens with zero attached hydrogens (tertiary/aromatic N) is 1. The van der Waals surface area contributed by atoms with Crippen molar-refractivity contribution in [2.75, 3.05) is 7.11 Å². The molecule has 4 rings (SSSR count). The number of carbonyl (C=O) groups excluding carboxylic acids is 2. The van der Waals surface area contributed by atoms with E-state index in [4.69, 9.17) is 14.5 Å². The lowest BCUT2D eigenvalue weighted by atomic mass is 9.98. The Hall–Kier alpha value is -4.66. The summed E-state index contributed by atoms with van der Waals surface area (Å²) in [6.07, 6.45) is 0.287. The number of aryl methyl sites for hydroxylation is 1. The molecule has 0 fully saturated rings. The molecule has 208 valence electrons. The van der Waals surface area contributed by atoms with Crippen molar-refractivity contribution < 1.29 is 28.6 Å². The summed E-state index contributed by atoms with van der Waals surface area (Å²) in [5.74, 6) is -0.844. The number of carbonyl (C=O) groups is 2. The van der Waals surface area contributed by atoms with Gasteiger partial charge in [-0.1, -0.05) is 36.4 Å². The quantitative estimate of drug-likeness (QED) is 0.177. The van der Waals surface area contributed by atoms with Gasteiger partial charge in [-0.2, -0.15) is 0 Å². The van der Waals surface area contributed by atoms with Crippen LogP contribution in [0.5, 0.6) is 5.88 Å². The number of fused-ring (bicyclic) bond motifs is 1. The zero-order valence-electron chi connectivity index (χ0n) is 22.9. The van der Waals surface area contributed by atoms with Crippen LogP contribution in [-0.2, 0) is 27.2 Å². The van der Waals surface area contributed by atoms with Gasteiger partial charge in [-0.25, -0.2) is 14.2 Å². The number of esters is 1. The van der Waals surface area contributed by atoms with Gasteiger partial charge in [-0.3, -0.25) is 4.79 Å². The Bertz CT molecular complexity index is 1530. The molecule has 3 N–H and O–H groups in total. The first kappa shape index (κ1) is 28.4. The lowest BCUT2D eigenvalue weighted by Gasteiger charge is -2.19. The van der Waals surface area contributed by atoms with Crippen molar-refractivity contribution in [2.45, 2.75) is 45.8 Å². The number of rotatable bonds is 8. The molecule has 1 heterocycles. The molecule has 0 unspecified atom stereocenters. The van der Waals surface area contributed by atoms with Gasteiger partial charge in [0.05, 0.1) is 29.6 Å². The van der Waals surface area contributed by atoms with E-state index in [-0.39, 0.29) is 24.8 Å². The third-order valence-electron chi connectivity index (χ3n) is 6.06. The van der Waals surface area contributed by atoms with Crippen LogP contribution in [-0.4, -0.2) is 40.6 Å². The average Bonchev–Trinajstić information content (AvgIpc) is 3.23. The fourth-order valence-electron chi connectivity index (χ4n) is 4.14. The van der Waals surface area contributed by atoms with Crippen LogP contribution in [0.25, 0.3) is 10.9 Å². The molecule has 1 aromatic heterocycles. The van der Waals surface area contributed by atoms with Crippen molar-refractivity contribution in [1.82, 2.24) is 10.3 Å². The molecule has 3 aromatic carbocycles. The second kappa shape index (κ2) is 12.0. The predicted molar refractivity (Wildman–Crippen MR) is 152 cm³/mol. The number of hydrogen-bond donors (Lipinski definition) is 3. The molecule has 0 saturated heterocycles. The zero-order chi connectivity index (χ0) is 28.9. The summed E-state index contributed by atoms with van der Waals surface area (Å²) < 4.78 is 23.9. The first-order valence-corrected chi connectivity index (χ1v) is 12.8. The number of ether oxygens (including phenoxy) is 2. The molecule has 40 heavy (non-hydrogen) atoms. The highest BCUT2D eigenvalue weighted by Gasteiger charge is 2.20. The Morgan fingerprint density at radius 1 is 1.00 bits per heavy atom. The Balaban J connectivity index is 1.65. The summed E-state index contributed by atoms with van der Waals surface area (Å²) in [4.78, 5) is 31.2. The molecule has 0 aliphatic rings. The van der Waals surface area contributed by atoms with Crippen LogP contribution in [0.15, 0.2) is 71.7 Å². The molecule has 0 aliphatic carbocycles. The zero-order valence-corrected chi connectivity index (χ0v) is 22.9. The van der Waals surface area contributed by atoms with Crippen LogP contribution in [0.3, 0.4) is 0 Å². The first-order valence-electron chi connectivity index (χ1n) is 12.8. The van der Waals surface area contributed by atoms with E-state index < -0.39 is 17.5 Å². The molecule has 4 aromatic rings. The lowest BCUT2D eigenvalue weighted by Crippen LogP contribution is -2.32. The van der Waals surface area contributed by atoms with E-state index in [0.717, 1.165) is 16.7 Å². The predicted octanol–water partition coefficient (Wildman–Crippen LogP) is 6.31. The van der Waals surface area contributed by atoms with Gasteiger partial charge in [0.2, 0.25) is 0 Å². The molecule has 9 heteroatoms. The van der Waals surface area contributed by atoms with E-state index in [0.29, 0.717) is 34.3 Å². The molecule has 8 nitrogen and oxygen atoms in total. The molecule has 0 bridgehead atoms. The average molecular weight is 546 g/mol. The second-order valence-corrected chi connectivity index (χ2v) is 10.3. The number of methoxy groups -OCH3 is 1. The monoisotopic (exact) mass is 545 g/mol. The van der Waals surface area contributed by atoms with Gasteiger partial charge >= 0.3 is 12.1 Å². The number of hydrogen-bond acceptors (Lipinski definition) is 6. The first-order chi connectivity index (χ1) is 19.0. The van der Waals surface area contributed by atoms with Gasteiger partial charge in [-0.15, -0.1) is 0 Å². The minimum atomic E-state index is -0.585. The summed E-state index contributed by atoms with van der Waals surface area (Å²) in [5.41, 5.74) is 3.91. The van der Waals surface area contributed by atoms with Crippen LogP contribution in [0.4, 0.5) is 14.9 Å². The fraction of sp³-hybridized carbons (Fsp3) is 0.258. The summed E-state index contributed by atoms with van der Waals surface area (Å²) in [7, 11) is 1.36. The van der Waals surface area contributed by atoms with E-state index >= 15 is 0 Å². The topological polar surface area (TPSA) is 113 Å². The number of aromatic hydroxyl groups is 1. The Morgan fingerprint density at radius 3 is 2.33 bits per heavy atom. The maximum absolute atomic E-state index is 13.9. The van der Waals surface area contributed by atoms with Crippen molar-refractivity contribution in [3.63, 3.8) is 0 Å². The van der Waals surface area contributed by atoms with Crippen LogP contribution in [0.2, 0.25) is 0 Å². The maximum atomic E-state index is 13.9. The number of alkyl carbamates (subject to hydrolysis) is 1. The Labute approximate surface area is 231 Å². The van der Waals surface area contributed by atoms with E-state index in [1.807, 2.05) is 48.5 Å². The molecule has 0 aliphatic heterocycles. The minimum Gasteiger partial charge on any atom is -0.494 e. The number of aromatic amines is 1. The molecule has 1 amide bonds. The van der Waals surface area contributed by atoms with Gasteiger partial charge in [0, 0.05) is 23.9 Å².